The number of hydrogen-bond acceptors (Lipinski definition) is 6. The van der Waals surface area contributed by atoms with Gasteiger partial charge >= 0.3 is 5.97 Å². The van der Waals surface area contributed by atoms with Gasteiger partial charge in [0, 0.05) is 6.20 Å². The highest BCUT2D eigenvalue weighted by molar-refractivity contribution is 5.96. The average Bonchev–Trinajstić information content (AvgIpc) is 2.96. The Hall–Kier alpha value is -1.89. The number of fused-ring (bicyclic) bond motifs is 1. The minimum absolute atomic E-state index is 0.155. The summed E-state index contributed by atoms with van der Waals surface area (Å²) in [6.45, 7) is 9.54. The molecule has 21 heavy (non-hydrogen) atoms. The third kappa shape index (κ3) is 2.65. The van der Waals surface area contributed by atoms with E-state index in [1.807, 2.05) is 20.8 Å². The first-order valence-electron chi connectivity index (χ1n) is 7.01. The lowest BCUT2D eigenvalue weighted by molar-refractivity contribution is -0.146. The number of halogens is 1. The molecule has 2 saturated heterocycles. The largest absolute Gasteiger partial charge is 0.459 e. The van der Waals surface area contributed by atoms with Gasteiger partial charge in [0.25, 0.3) is 0 Å². The van der Waals surface area contributed by atoms with Crippen molar-refractivity contribution in [1.29, 1.82) is 0 Å². The van der Waals surface area contributed by atoms with E-state index in [2.05, 4.69) is 11.6 Å². The monoisotopic (exact) mass is 297 g/mol. The van der Waals surface area contributed by atoms with E-state index < -0.39 is 12.1 Å². The molecule has 0 bridgehead atoms. The normalized spacial score (nSPS) is 34.6. The zero-order valence-electron chi connectivity index (χ0n) is 12.4. The van der Waals surface area contributed by atoms with Crippen LogP contribution in [0, 0.1) is 5.92 Å². The molecule has 0 radical (unpaired) electrons. The van der Waals surface area contributed by atoms with Crippen LogP contribution >= 0.6 is 0 Å². The van der Waals surface area contributed by atoms with Crippen molar-refractivity contribution in [2.75, 3.05) is 0 Å². The van der Waals surface area contributed by atoms with E-state index in [0.29, 0.717) is 0 Å². The molecule has 0 spiro atoms. The first-order valence-corrected chi connectivity index (χ1v) is 7.01. The van der Waals surface area contributed by atoms with Crippen LogP contribution in [0.2, 0.25) is 0 Å². The second-order valence-electron chi connectivity index (χ2n) is 4.85. The maximum atomic E-state index is 13.5. The van der Waals surface area contributed by atoms with Gasteiger partial charge in [0.05, 0.1) is 18.4 Å². The molecular weight excluding hydrogens is 277 g/mol. The van der Waals surface area contributed by atoms with Gasteiger partial charge in [0.1, 0.15) is 18.2 Å². The molecule has 2 fully saturated rings. The van der Waals surface area contributed by atoms with Crippen molar-refractivity contribution in [3.05, 3.63) is 24.4 Å². The Balaban J connectivity index is 0.000000774. The van der Waals surface area contributed by atoms with Crippen LogP contribution in [0.1, 0.15) is 27.2 Å². The fraction of sp³-hybridized carbons (Fsp3) is 0.571. The molecule has 6 nitrogen and oxygen atoms in total. The molecule has 0 aromatic carbocycles. The third-order valence-corrected chi connectivity index (χ3v) is 3.59. The maximum absolute atomic E-state index is 13.5. The predicted octanol–water partition coefficient (Wildman–Crippen LogP) is 1.64. The fourth-order valence-electron chi connectivity index (χ4n) is 2.71. The van der Waals surface area contributed by atoms with E-state index in [4.69, 9.17) is 15.2 Å². The highest BCUT2D eigenvalue weighted by Gasteiger charge is 2.52. The van der Waals surface area contributed by atoms with Gasteiger partial charge in [0.2, 0.25) is 0 Å². The summed E-state index contributed by atoms with van der Waals surface area (Å²) in [5, 5.41) is 0. The smallest absolute Gasteiger partial charge is 0.306 e. The Kier molecular flexibility index (Phi) is 4.32. The molecule has 2 N–H and O–H groups in total. The Morgan fingerprint density at radius 3 is 2.86 bits per heavy atom. The zero-order valence-corrected chi connectivity index (χ0v) is 12.4. The van der Waals surface area contributed by atoms with Crippen LogP contribution in [0.5, 0.6) is 0 Å². The highest BCUT2D eigenvalue weighted by Crippen LogP contribution is 2.40. The lowest BCUT2D eigenvalue weighted by atomic mass is 9.99. The summed E-state index contributed by atoms with van der Waals surface area (Å²) in [5.74, 6) is -0.973. The Morgan fingerprint density at radius 2 is 2.19 bits per heavy atom. The van der Waals surface area contributed by atoms with Crippen LogP contribution in [-0.4, -0.2) is 35.1 Å². The number of esters is 1. The number of ether oxygens (including phenoxy) is 2. The molecule has 0 amide bonds. The van der Waals surface area contributed by atoms with Crippen molar-refractivity contribution in [3.63, 3.8) is 0 Å². The van der Waals surface area contributed by atoms with Gasteiger partial charge in [-0.1, -0.05) is 20.4 Å². The van der Waals surface area contributed by atoms with Crippen LogP contribution in [-0.2, 0) is 14.3 Å². The summed E-state index contributed by atoms with van der Waals surface area (Å²) in [6, 6.07) is 0. The van der Waals surface area contributed by atoms with Crippen LogP contribution in [0.15, 0.2) is 29.4 Å². The average molecular weight is 297 g/mol. The van der Waals surface area contributed by atoms with E-state index in [-0.39, 0.29) is 42.2 Å². The van der Waals surface area contributed by atoms with E-state index in [1.54, 1.807) is 0 Å². The number of nitrogens with zero attached hydrogens (tertiary/aromatic N) is 2. The van der Waals surface area contributed by atoms with E-state index in [9.17, 15) is 9.18 Å². The minimum atomic E-state index is -0.641. The van der Waals surface area contributed by atoms with Crippen molar-refractivity contribution in [1.82, 2.24) is 4.90 Å². The van der Waals surface area contributed by atoms with Gasteiger partial charge in [-0.3, -0.25) is 4.79 Å². The molecule has 3 rings (SSSR count). The molecule has 7 heteroatoms. The summed E-state index contributed by atoms with van der Waals surface area (Å²) >= 11 is 0. The fourth-order valence-corrected chi connectivity index (χ4v) is 2.71. The second-order valence-corrected chi connectivity index (χ2v) is 4.85. The lowest BCUT2D eigenvalue weighted by Crippen LogP contribution is -2.38. The quantitative estimate of drug-likeness (QED) is 0.745. The summed E-state index contributed by atoms with van der Waals surface area (Å²) in [6.07, 6.45) is 0.395. The van der Waals surface area contributed by atoms with E-state index in [1.165, 1.54) is 11.1 Å². The van der Waals surface area contributed by atoms with Crippen molar-refractivity contribution >= 4 is 11.8 Å². The van der Waals surface area contributed by atoms with Crippen molar-refractivity contribution < 1.29 is 18.7 Å². The van der Waals surface area contributed by atoms with Gasteiger partial charge in [-0.25, -0.2) is 9.38 Å². The Labute approximate surface area is 123 Å². The summed E-state index contributed by atoms with van der Waals surface area (Å²) in [7, 11) is 0. The number of aliphatic imine (C=N–C) groups is 1. The number of carbonyl (C=O) groups excluding carboxylic acids is 1. The van der Waals surface area contributed by atoms with Gasteiger partial charge in [0.15, 0.2) is 11.7 Å². The number of carbonyl (C=O) groups is 1. The van der Waals surface area contributed by atoms with Crippen LogP contribution in [0.3, 0.4) is 0 Å². The molecule has 4 atom stereocenters. The molecule has 0 aromatic heterocycles. The van der Waals surface area contributed by atoms with Crippen LogP contribution in [0.25, 0.3) is 0 Å². The molecule has 0 aliphatic carbocycles. The first-order chi connectivity index (χ1) is 9.97. The van der Waals surface area contributed by atoms with Gasteiger partial charge in [-0.15, -0.1) is 0 Å². The first kappa shape index (κ1) is 15.5. The molecular formula is C14H20FN3O3. The highest BCUT2D eigenvalue weighted by atomic mass is 19.1. The molecule has 3 aliphatic rings. The number of rotatable bonds is 1. The molecule has 0 aromatic rings. The number of nitrogens with two attached hydrogens (primary N) is 1. The molecule has 3 aliphatic heterocycles. The maximum Gasteiger partial charge on any atom is 0.306 e. The number of hydrogen-bond donors (Lipinski definition) is 1. The lowest BCUT2D eigenvalue weighted by Gasteiger charge is -2.31. The van der Waals surface area contributed by atoms with Crippen LogP contribution in [0.4, 0.5) is 4.39 Å². The molecule has 3 heterocycles. The second kappa shape index (κ2) is 5.85. The molecule has 3 unspecified atom stereocenters. The molecule has 0 saturated carbocycles. The van der Waals surface area contributed by atoms with Gasteiger partial charge < -0.3 is 20.1 Å². The zero-order chi connectivity index (χ0) is 15.7. The SMILES string of the molecule is C=C1N=C(N)C(F)=CN1C1OC(C)C2OC(=O)C[C@H]21.CC. The van der Waals surface area contributed by atoms with E-state index in [0.717, 1.165) is 0 Å². The van der Waals surface area contributed by atoms with E-state index >= 15 is 0 Å². The molecule has 116 valence electrons. The van der Waals surface area contributed by atoms with Crippen molar-refractivity contribution in [2.24, 2.45) is 16.6 Å². The minimum Gasteiger partial charge on any atom is -0.459 e. The Morgan fingerprint density at radius 1 is 1.52 bits per heavy atom. The van der Waals surface area contributed by atoms with Gasteiger partial charge in [-0.2, -0.15) is 0 Å². The predicted molar refractivity (Wildman–Crippen MR) is 75.5 cm³/mol. The topological polar surface area (TPSA) is 77.2 Å². The summed E-state index contributed by atoms with van der Waals surface area (Å²) in [4.78, 5) is 16.7. The van der Waals surface area contributed by atoms with Crippen LogP contribution < -0.4 is 5.73 Å². The Bertz CT molecular complexity index is 518. The number of amidine groups is 1. The van der Waals surface area contributed by atoms with Gasteiger partial charge in [-0.05, 0) is 6.92 Å². The third-order valence-electron chi connectivity index (χ3n) is 3.59. The summed E-state index contributed by atoms with van der Waals surface area (Å²) in [5.41, 5.74) is 5.39. The van der Waals surface area contributed by atoms with Crippen molar-refractivity contribution in [3.8, 4) is 0 Å². The standard InChI is InChI=1S/C12H14FN3O3.C2H6/c1-5-10-7(3-9(17)19-10)12(18-5)16-4-8(13)11(14)15-6(16)2;1-2/h4-5,7,10,12H,2-3H2,1H3,(H2,14,15);1-2H3/t5?,7-,10?,12?;/m1./s1. The van der Waals surface area contributed by atoms with Crippen molar-refractivity contribution in [2.45, 2.75) is 45.6 Å². The summed E-state index contributed by atoms with van der Waals surface area (Å²) < 4.78 is 24.5.